The molecule has 1 unspecified atom stereocenters. The van der Waals surface area contributed by atoms with Gasteiger partial charge in [-0.2, -0.15) is 0 Å². The maximum absolute atomic E-state index is 8.12. The average molecular weight is 148 g/mol. The Labute approximate surface area is 56.3 Å². The Morgan fingerprint density at radius 2 is 1.88 bits per heavy atom. The summed E-state index contributed by atoms with van der Waals surface area (Å²) in [5.41, 5.74) is 0. The van der Waals surface area contributed by atoms with E-state index in [0.29, 0.717) is 0 Å². The van der Waals surface area contributed by atoms with Crippen LogP contribution < -0.4 is 0 Å². The van der Waals surface area contributed by atoms with E-state index in [-0.39, 0.29) is 0 Å². The van der Waals surface area contributed by atoms with Gasteiger partial charge in [-0.1, -0.05) is 5.92 Å². The lowest BCUT2D eigenvalue weighted by molar-refractivity contribution is 0.253. The molecule has 1 atom stereocenters. The molecule has 0 rings (SSSR count). The zero-order chi connectivity index (χ0) is 6.99. The molecule has 0 radical (unpaired) electrons. The molecule has 0 aliphatic rings. The summed E-state index contributed by atoms with van der Waals surface area (Å²) in [6, 6.07) is 0. The van der Waals surface area contributed by atoms with Gasteiger partial charge in [0.2, 0.25) is 0 Å². The van der Waals surface area contributed by atoms with Gasteiger partial charge >= 0.3 is 0 Å². The Hall–Kier alpha value is -0.0862. The first kappa shape index (κ1) is 10.8. The van der Waals surface area contributed by atoms with E-state index < -0.39 is 6.10 Å². The molecule has 8 heavy (non-hydrogen) atoms. The summed E-state index contributed by atoms with van der Waals surface area (Å²) in [5.74, 6) is 2.08. The fraction of sp³-hybridized carbons (Fsp3) is 0.500. The summed E-state index contributed by atoms with van der Waals surface area (Å²) in [6.07, 6.45) is 4.08. The fourth-order valence-electron chi connectivity index (χ4n) is 0. The molecule has 0 spiro atoms. The van der Waals surface area contributed by atoms with E-state index in [0.717, 1.165) is 21.0 Å². The molecule has 0 amide bonds. The third kappa shape index (κ3) is 39.0. The van der Waals surface area contributed by atoms with Gasteiger partial charge < -0.3 is 9.22 Å². The van der Waals surface area contributed by atoms with Crippen LogP contribution in [0.25, 0.3) is 0 Å². The Balaban J connectivity index is 0. The van der Waals surface area contributed by atoms with Crippen LogP contribution in [0.1, 0.15) is 6.92 Å². The minimum Gasteiger partial charge on any atom is -0.471 e. The van der Waals surface area contributed by atoms with Crippen LogP contribution >= 0.6 is 0 Å². The van der Waals surface area contributed by atoms with Crippen molar-refractivity contribution in [1.82, 2.24) is 0 Å². The van der Waals surface area contributed by atoms with E-state index in [9.17, 15) is 0 Å². The van der Waals surface area contributed by atoms with Crippen LogP contribution in [0.5, 0.6) is 0 Å². The van der Waals surface area contributed by atoms with Crippen molar-refractivity contribution in [3.05, 3.63) is 0 Å². The SMILES string of the molecule is C#CC(C)O.[SiH3]O[SiH3]. The summed E-state index contributed by atoms with van der Waals surface area (Å²) in [5, 5.41) is 8.12. The smallest absolute Gasteiger partial charge is 0.129 e. The number of terminal acetylenes is 1. The second-order valence-electron chi connectivity index (χ2n) is 1.25. The molecule has 0 bridgehead atoms. The van der Waals surface area contributed by atoms with Crippen molar-refractivity contribution in [1.29, 1.82) is 0 Å². The van der Waals surface area contributed by atoms with E-state index in [2.05, 4.69) is 16.5 Å². The van der Waals surface area contributed by atoms with Crippen molar-refractivity contribution in [3.8, 4) is 12.3 Å². The summed E-state index contributed by atoms with van der Waals surface area (Å²) in [6.45, 7) is 1.54. The van der Waals surface area contributed by atoms with E-state index in [1.807, 2.05) is 0 Å². The standard InChI is InChI=1S/C4H6O.H6OSi2/c1-3-4(2)5;2-1-3/h1,4-5H,2H3;2-3H3. The minimum absolute atomic E-state index is 0.588. The number of hydrogen-bond acceptors (Lipinski definition) is 2. The van der Waals surface area contributed by atoms with Gasteiger partial charge in [0, 0.05) is 0 Å². The van der Waals surface area contributed by atoms with Crippen molar-refractivity contribution in [3.63, 3.8) is 0 Å². The van der Waals surface area contributed by atoms with Crippen LogP contribution in [0, 0.1) is 12.3 Å². The molecule has 0 heterocycles. The van der Waals surface area contributed by atoms with Crippen LogP contribution in [-0.2, 0) is 4.12 Å². The van der Waals surface area contributed by atoms with E-state index >= 15 is 0 Å². The third-order valence-electron chi connectivity index (χ3n) is 0.241. The normalized spacial score (nSPS) is 11.1. The lowest BCUT2D eigenvalue weighted by atomic mass is 10.4. The maximum atomic E-state index is 8.12. The van der Waals surface area contributed by atoms with Gasteiger partial charge in [-0.25, -0.2) is 0 Å². The van der Waals surface area contributed by atoms with Crippen molar-refractivity contribution in [2.75, 3.05) is 0 Å². The number of aliphatic hydroxyl groups is 1. The Morgan fingerprint density at radius 1 is 1.75 bits per heavy atom. The zero-order valence-electron chi connectivity index (χ0n) is 5.51. The average Bonchev–Trinajstić information content (AvgIpc) is 1.69. The number of aliphatic hydroxyl groups excluding tert-OH is 1. The van der Waals surface area contributed by atoms with Crippen LogP contribution in [0.3, 0.4) is 0 Å². The van der Waals surface area contributed by atoms with Gasteiger partial charge in [-0.05, 0) is 6.92 Å². The van der Waals surface area contributed by atoms with Gasteiger partial charge in [0.25, 0.3) is 0 Å². The molecule has 0 aromatic carbocycles. The minimum atomic E-state index is -0.588. The van der Waals surface area contributed by atoms with E-state index in [4.69, 9.17) is 5.11 Å². The predicted octanol–water partition coefficient (Wildman–Crippen LogP) is -2.44. The molecule has 4 heteroatoms. The Kier molecular flexibility index (Phi) is 13.5. The first-order chi connectivity index (χ1) is 3.68. The highest BCUT2D eigenvalue weighted by Gasteiger charge is 1.75. The lowest BCUT2D eigenvalue weighted by Crippen LogP contribution is -1.90. The van der Waals surface area contributed by atoms with E-state index in [1.165, 1.54) is 0 Å². The van der Waals surface area contributed by atoms with Gasteiger partial charge in [0.15, 0.2) is 0 Å². The summed E-state index contributed by atoms with van der Waals surface area (Å²) < 4.78 is 4.53. The highest BCUT2D eigenvalue weighted by atomic mass is 28.3. The van der Waals surface area contributed by atoms with Crippen molar-refractivity contribution >= 4 is 21.0 Å². The highest BCUT2D eigenvalue weighted by molar-refractivity contribution is 6.15. The van der Waals surface area contributed by atoms with Gasteiger partial charge in [-0.3, -0.25) is 0 Å². The molecule has 0 aromatic rings. The van der Waals surface area contributed by atoms with Crippen LogP contribution in [0.4, 0.5) is 0 Å². The van der Waals surface area contributed by atoms with Gasteiger partial charge in [-0.15, -0.1) is 6.42 Å². The van der Waals surface area contributed by atoms with Crippen LogP contribution in [-0.4, -0.2) is 32.2 Å². The molecule has 0 aliphatic carbocycles. The summed E-state index contributed by atoms with van der Waals surface area (Å²) in [4.78, 5) is 0. The molecule has 0 aromatic heterocycles. The fourth-order valence-corrected chi connectivity index (χ4v) is 0. The second-order valence-corrected chi connectivity index (χ2v) is 4.52. The van der Waals surface area contributed by atoms with Crippen molar-refractivity contribution < 1.29 is 9.22 Å². The zero-order valence-corrected chi connectivity index (χ0v) is 9.51. The summed E-state index contributed by atoms with van der Waals surface area (Å²) in [7, 11) is 1.86. The molecule has 0 saturated heterocycles. The predicted molar refractivity (Wildman–Crippen MR) is 41.5 cm³/mol. The van der Waals surface area contributed by atoms with Gasteiger partial charge in [0.05, 0.1) is 0 Å². The third-order valence-corrected chi connectivity index (χ3v) is 0.241. The van der Waals surface area contributed by atoms with Crippen molar-refractivity contribution in [2.45, 2.75) is 13.0 Å². The topological polar surface area (TPSA) is 29.5 Å². The van der Waals surface area contributed by atoms with Crippen LogP contribution in [0.15, 0.2) is 0 Å². The largest absolute Gasteiger partial charge is 0.471 e. The first-order valence-corrected chi connectivity index (χ1v) is 3.86. The Bertz CT molecular complexity index is 66.9. The molecule has 2 nitrogen and oxygen atoms in total. The molecular weight excluding hydrogens is 136 g/mol. The molecular formula is C4H12O2Si2. The molecule has 0 aliphatic heterocycles. The first-order valence-electron chi connectivity index (χ1n) is 2.23. The van der Waals surface area contributed by atoms with Gasteiger partial charge in [0.1, 0.15) is 27.1 Å². The molecule has 48 valence electrons. The molecule has 1 N–H and O–H groups in total. The van der Waals surface area contributed by atoms with Crippen LogP contribution in [0.2, 0.25) is 0 Å². The van der Waals surface area contributed by atoms with Crippen molar-refractivity contribution in [2.24, 2.45) is 0 Å². The summed E-state index contributed by atoms with van der Waals surface area (Å²) >= 11 is 0. The Morgan fingerprint density at radius 3 is 1.88 bits per heavy atom. The number of rotatable bonds is 0. The van der Waals surface area contributed by atoms with E-state index in [1.54, 1.807) is 6.92 Å². The monoisotopic (exact) mass is 148 g/mol. The number of hydrogen-bond donors (Lipinski definition) is 1. The lowest BCUT2D eigenvalue weighted by Gasteiger charge is -1.80. The maximum Gasteiger partial charge on any atom is 0.129 e. The molecule has 0 fully saturated rings. The second kappa shape index (κ2) is 10.0. The highest BCUT2D eigenvalue weighted by Crippen LogP contribution is 1.66. The quantitative estimate of drug-likeness (QED) is 0.306. The molecule has 0 saturated carbocycles.